The first-order valence-corrected chi connectivity index (χ1v) is 6.46. The van der Waals surface area contributed by atoms with Gasteiger partial charge in [-0.3, -0.25) is 4.90 Å². The van der Waals surface area contributed by atoms with Gasteiger partial charge in [0.2, 0.25) is 0 Å². The standard InChI is InChI=1S/C11H15F3N2S/c12-11(13,14)10-3-2-9(17-10)8-16-6-1-4-15-5-7-16/h2-3,15H,1,4-8H2. The quantitative estimate of drug-likeness (QED) is 0.883. The maximum absolute atomic E-state index is 12.4. The van der Waals surface area contributed by atoms with Crippen molar-refractivity contribution in [2.24, 2.45) is 0 Å². The van der Waals surface area contributed by atoms with E-state index < -0.39 is 11.1 Å². The fourth-order valence-corrected chi connectivity index (χ4v) is 2.81. The first-order chi connectivity index (χ1) is 8.05. The molecule has 0 aliphatic carbocycles. The Hall–Kier alpha value is -0.590. The molecule has 1 aromatic rings. The Labute approximate surface area is 102 Å². The minimum absolute atomic E-state index is 0.500. The molecular weight excluding hydrogens is 249 g/mol. The second-order valence-electron chi connectivity index (χ2n) is 4.14. The zero-order valence-corrected chi connectivity index (χ0v) is 10.2. The zero-order valence-electron chi connectivity index (χ0n) is 9.39. The Bertz CT molecular complexity index is 354. The van der Waals surface area contributed by atoms with Crippen molar-refractivity contribution in [2.45, 2.75) is 19.1 Å². The van der Waals surface area contributed by atoms with Gasteiger partial charge in [-0.1, -0.05) is 0 Å². The van der Waals surface area contributed by atoms with Crippen LogP contribution in [0.2, 0.25) is 0 Å². The van der Waals surface area contributed by atoms with Gasteiger partial charge in [0, 0.05) is 24.5 Å². The van der Waals surface area contributed by atoms with Crippen LogP contribution in [0.25, 0.3) is 0 Å². The summed E-state index contributed by atoms with van der Waals surface area (Å²) in [6, 6.07) is 2.77. The lowest BCUT2D eigenvalue weighted by atomic mass is 10.3. The van der Waals surface area contributed by atoms with Crippen molar-refractivity contribution in [3.63, 3.8) is 0 Å². The van der Waals surface area contributed by atoms with Gasteiger partial charge in [-0.2, -0.15) is 13.2 Å². The first-order valence-electron chi connectivity index (χ1n) is 5.65. The first kappa shape index (κ1) is 12.9. The largest absolute Gasteiger partial charge is 0.425 e. The third-order valence-electron chi connectivity index (χ3n) is 2.75. The number of thiophene rings is 1. The lowest BCUT2D eigenvalue weighted by Gasteiger charge is -2.18. The van der Waals surface area contributed by atoms with Crippen LogP contribution in [-0.4, -0.2) is 31.1 Å². The smallest absolute Gasteiger partial charge is 0.315 e. The Balaban J connectivity index is 1.96. The molecular formula is C11H15F3N2S. The molecule has 1 aliphatic rings. The molecule has 0 radical (unpaired) electrons. The third kappa shape index (κ3) is 3.69. The number of rotatable bonds is 2. The average molecular weight is 264 g/mol. The highest BCUT2D eigenvalue weighted by atomic mass is 32.1. The summed E-state index contributed by atoms with van der Waals surface area (Å²) in [5.74, 6) is 0. The number of halogens is 3. The third-order valence-corrected chi connectivity index (χ3v) is 3.87. The van der Waals surface area contributed by atoms with Gasteiger partial charge in [0.25, 0.3) is 0 Å². The molecule has 0 bridgehead atoms. The molecule has 1 N–H and O–H groups in total. The van der Waals surface area contributed by atoms with E-state index in [-0.39, 0.29) is 0 Å². The average Bonchev–Trinajstić information content (AvgIpc) is 2.56. The molecule has 2 nitrogen and oxygen atoms in total. The summed E-state index contributed by atoms with van der Waals surface area (Å²) < 4.78 is 37.3. The van der Waals surface area contributed by atoms with Gasteiger partial charge in [0.1, 0.15) is 4.88 Å². The van der Waals surface area contributed by atoms with Crippen molar-refractivity contribution in [1.29, 1.82) is 0 Å². The van der Waals surface area contributed by atoms with Crippen LogP contribution in [0.4, 0.5) is 13.2 Å². The number of nitrogens with one attached hydrogen (secondary N) is 1. The lowest BCUT2D eigenvalue weighted by Crippen LogP contribution is -2.27. The zero-order chi connectivity index (χ0) is 12.3. The van der Waals surface area contributed by atoms with E-state index in [1.165, 1.54) is 6.07 Å². The van der Waals surface area contributed by atoms with Crippen LogP contribution in [0, 0.1) is 0 Å². The molecule has 0 atom stereocenters. The van der Waals surface area contributed by atoms with E-state index in [0.29, 0.717) is 6.54 Å². The van der Waals surface area contributed by atoms with E-state index in [4.69, 9.17) is 0 Å². The molecule has 96 valence electrons. The number of nitrogens with zero attached hydrogens (tertiary/aromatic N) is 1. The van der Waals surface area contributed by atoms with Crippen molar-refractivity contribution < 1.29 is 13.2 Å². The van der Waals surface area contributed by atoms with E-state index in [2.05, 4.69) is 10.2 Å². The van der Waals surface area contributed by atoms with Crippen LogP contribution in [0.5, 0.6) is 0 Å². The predicted octanol–water partition coefficient (Wildman–Crippen LogP) is 2.56. The molecule has 0 unspecified atom stereocenters. The van der Waals surface area contributed by atoms with Crippen LogP contribution >= 0.6 is 11.3 Å². The van der Waals surface area contributed by atoms with Gasteiger partial charge in [-0.05, 0) is 31.6 Å². The Morgan fingerprint density at radius 1 is 1.24 bits per heavy atom. The van der Waals surface area contributed by atoms with Crippen molar-refractivity contribution in [3.05, 3.63) is 21.9 Å². The lowest BCUT2D eigenvalue weighted by molar-refractivity contribution is -0.134. The second-order valence-corrected chi connectivity index (χ2v) is 5.31. The molecule has 0 saturated carbocycles. The molecule has 1 saturated heterocycles. The number of hydrogen-bond donors (Lipinski definition) is 1. The highest BCUT2D eigenvalue weighted by Gasteiger charge is 2.32. The molecule has 2 heterocycles. The SMILES string of the molecule is FC(F)(F)c1ccc(CN2CCCNCC2)s1. The minimum Gasteiger partial charge on any atom is -0.315 e. The van der Waals surface area contributed by atoms with E-state index in [1.54, 1.807) is 6.07 Å². The molecule has 1 fully saturated rings. The summed E-state index contributed by atoms with van der Waals surface area (Å²) in [6.45, 7) is 4.39. The molecule has 1 aliphatic heterocycles. The second kappa shape index (κ2) is 5.37. The summed E-state index contributed by atoms with van der Waals surface area (Å²) in [5, 5.41) is 3.27. The van der Waals surface area contributed by atoms with Crippen molar-refractivity contribution >= 4 is 11.3 Å². The Kier molecular flexibility index (Phi) is 4.06. The maximum atomic E-state index is 12.4. The normalized spacial score (nSPS) is 19.2. The summed E-state index contributed by atoms with van der Waals surface area (Å²) in [7, 11) is 0. The maximum Gasteiger partial charge on any atom is 0.425 e. The summed E-state index contributed by atoms with van der Waals surface area (Å²) in [6.07, 6.45) is -3.15. The van der Waals surface area contributed by atoms with Crippen LogP contribution in [0.15, 0.2) is 12.1 Å². The molecule has 0 amide bonds. The highest BCUT2D eigenvalue weighted by Crippen LogP contribution is 2.34. The molecule has 1 aromatic heterocycles. The van der Waals surface area contributed by atoms with Gasteiger partial charge < -0.3 is 5.32 Å². The van der Waals surface area contributed by atoms with Gasteiger partial charge in [0.05, 0.1) is 0 Å². The van der Waals surface area contributed by atoms with Crippen LogP contribution in [0.3, 0.4) is 0 Å². The number of hydrogen-bond acceptors (Lipinski definition) is 3. The number of alkyl halides is 3. The van der Waals surface area contributed by atoms with Crippen LogP contribution in [0.1, 0.15) is 16.2 Å². The van der Waals surface area contributed by atoms with E-state index in [0.717, 1.165) is 48.8 Å². The van der Waals surface area contributed by atoms with Gasteiger partial charge >= 0.3 is 6.18 Å². The van der Waals surface area contributed by atoms with E-state index >= 15 is 0 Å². The predicted molar refractivity (Wildman–Crippen MR) is 62.1 cm³/mol. The molecule has 2 rings (SSSR count). The van der Waals surface area contributed by atoms with Crippen molar-refractivity contribution in [3.8, 4) is 0 Å². The molecule has 0 aromatic carbocycles. The fourth-order valence-electron chi connectivity index (χ4n) is 1.90. The monoisotopic (exact) mass is 264 g/mol. The topological polar surface area (TPSA) is 15.3 Å². The molecule has 6 heteroatoms. The molecule has 0 spiro atoms. The Morgan fingerprint density at radius 2 is 2.06 bits per heavy atom. The van der Waals surface area contributed by atoms with Crippen molar-refractivity contribution in [2.75, 3.05) is 26.2 Å². The van der Waals surface area contributed by atoms with Crippen molar-refractivity contribution in [1.82, 2.24) is 10.2 Å². The van der Waals surface area contributed by atoms with Gasteiger partial charge in [-0.15, -0.1) is 11.3 Å². The van der Waals surface area contributed by atoms with Gasteiger partial charge in [0.15, 0.2) is 0 Å². The summed E-state index contributed by atoms with van der Waals surface area (Å²) >= 11 is 0.853. The summed E-state index contributed by atoms with van der Waals surface area (Å²) in [4.78, 5) is 2.49. The highest BCUT2D eigenvalue weighted by molar-refractivity contribution is 7.12. The minimum atomic E-state index is -4.21. The van der Waals surface area contributed by atoms with Gasteiger partial charge in [-0.25, -0.2) is 0 Å². The Morgan fingerprint density at radius 3 is 2.76 bits per heavy atom. The fraction of sp³-hybridized carbons (Fsp3) is 0.636. The van der Waals surface area contributed by atoms with E-state index in [1.807, 2.05) is 0 Å². The van der Waals surface area contributed by atoms with Crippen LogP contribution < -0.4 is 5.32 Å². The summed E-state index contributed by atoms with van der Waals surface area (Å²) in [5.41, 5.74) is 0. The molecule has 17 heavy (non-hydrogen) atoms. The van der Waals surface area contributed by atoms with E-state index in [9.17, 15) is 13.2 Å². The van der Waals surface area contributed by atoms with Crippen LogP contribution in [-0.2, 0) is 12.7 Å².